The lowest BCUT2D eigenvalue weighted by Crippen LogP contribution is -2.14. The van der Waals surface area contributed by atoms with Gasteiger partial charge in [0, 0.05) is 17.6 Å². The zero-order valence-electron chi connectivity index (χ0n) is 13.0. The van der Waals surface area contributed by atoms with Crippen molar-refractivity contribution in [2.24, 2.45) is 0 Å². The molecule has 0 aliphatic rings. The van der Waals surface area contributed by atoms with Gasteiger partial charge in [-0.2, -0.15) is 0 Å². The average molecular weight is 321 g/mol. The van der Waals surface area contributed by atoms with Crippen molar-refractivity contribution >= 4 is 21.8 Å². The molecule has 0 unspecified atom stereocenters. The number of hydrogen-bond acceptors (Lipinski definition) is 4. The van der Waals surface area contributed by atoms with Crippen LogP contribution in [0.4, 0.5) is 0 Å². The molecule has 2 N–H and O–H groups in total. The summed E-state index contributed by atoms with van der Waals surface area (Å²) < 4.78 is 6.69. The number of H-pyrrole nitrogens is 1. The third-order valence-corrected chi connectivity index (χ3v) is 4.08. The highest BCUT2D eigenvalue weighted by atomic mass is 16.5. The summed E-state index contributed by atoms with van der Waals surface area (Å²) in [5.41, 5.74) is 2.73. The second-order valence-corrected chi connectivity index (χ2v) is 5.51. The van der Waals surface area contributed by atoms with E-state index < -0.39 is 0 Å². The van der Waals surface area contributed by atoms with Crippen molar-refractivity contribution in [2.45, 2.75) is 6.61 Å². The van der Waals surface area contributed by atoms with E-state index in [2.05, 4.69) is 10.1 Å². The quantitative estimate of drug-likeness (QED) is 0.607. The molecule has 2 aromatic heterocycles. The Morgan fingerprint density at radius 2 is 2.08 bits per heavy atom. The van der Waals surface area contributed by atoms with Gasteiger partial charge in [0.15, 0.2) is 0 Å². The van der Waals surface area contributed by atoms with Crippen LogP contribution in [0.1, 0.15) is 5.56 Å². The van der Waals surface area contributed by atoms with Gasteiger partial charge in [0.05, 0.1) is 35.8 Å². The topological polar surface area (TPSA) is 80.1 Å². The molecule has 4 rings (SSSR count). The summed E-state index contributed by atoms with van der Waals surface area (Å²) in [6, 6.07) is 12.8. The molecular formula is C18H15N3O3. The lowest BCUT2D eigenvalue weighted by atomic mass is 10.1. The molecule has 0 saturated heterocycles. The monoisotopic (exact) mass is 321 g/mol. The Morgan fingerprint density at radius 1 is 1.21 bits per heavy atom. The Hall–Kier alpha value is -3.12. The summed E-state index contributed by atoms with van der Waals surface area (Å²) in [5, 5.41) is 13.8. The van der Waals surface area contributed by atoms with Gasteiger partial charge in [-0.25, -0.2) is 4.68 Å². The highest BCUT2D eigenvalue weighted by Crippen LogP contribution is 2.23. The van der Waals surface area contributed by atoms with E-state index in [1.165, 1.54) is 4.68 Å². The lowest BCUT2D eigenvalue weighted by molar-refractivity contribution is 0.282. The maximum atomic E-state index is 12.7. The molecule has 2 aromatic carbocycles. The number of benzene rings is 2. The van der Waals surface area contributed by atoms with Gasteiger partial charge in [0.1, 0.15) is 5.75 Å². The standard InChI is InChI=1S/C18H15N3O3/c1-24-13-4-2-3-12(8-13)21-18(23)15-9-19-16-6-5-11(10-22)7-14(16)17(15)20-21/h2-9,20,22H,10H2,1H3. The van der Waals surface area contributed by atoms with Crippen LogP contribution in [0.15, 0.2) is 53.5 Å². The van der Waals surface area contributed by atoms with Crippen LogP contribution >= 0.6 is 0 Å². The third kappa shape index (κ3) is 2.16. The number of nitrogens with one attached hydrogen (secondary N) is 1. The van der Waals surface area contributed by atoms with Gasteiger partial charge in [0.25, 0.3) is 5.56 Å². The molecule has 0 saturated carbocycles. The van der Waals surface area contributed by atoms with E-state index in [1.54, 1.807) is 19.4 Å². The Labute approximate surface area is 136 Å². The number of nitrogens with zero attached hydrogens (tertiary/aromatic N) is 2. The largest absolute Gasteiger partial charge is 0.497 e. The molecule has 0 aliphatic carbocycles. The van der Waals surface area contributed by atoms with Gasteiger partial charge >= 0.3 is 0 Å². The number of hydrogen-bond donors (Lipinski definition) is 2. The van der Waals surface area contributed by atoms with Crippen LogP contribution in [-0.4, -0.2) is 27.0 Å². The molecule has 0 atom stereocenters. The number of rotatable bonds is 3. The zero-order chi connectivity index (χ0) is 16.7. The highest BCUT2D eigenvalue weighted by molar-refractivity contribution is 6.03. The SMILES string of the molecule is COc1cccc(-n2[nH]c3c(cnc4ccc(CO)cc43)c2=O)c1. The average Bonchev–Trinajstić information content (AvgIpc) is 2.98. The molecule has 0 spiro atoms. The maximum absolute atomic E-state index is 12.7. The summed E-state index contributed by atoms with van der Waals surface area (Å²) in [5.74, 6) is 0.670. The second kappa shape index (κ2) is 5.50. The van der Waals surface area contributed by atoms with Crippen LogP contribution in [0.2, 0.25) is 0 Å². The number of aromatic amines is 1. The highest BCUT2D eigenvalue weighted by Gasteiger charge is 2.12. The van der Waals surface area contributed by atoms with Crippen molar-refractivity contribution in [1.29, 1.82) is 0 Å². The molecule has 0 amide bonds. The van der Waals surface area contributed by atoms with Crippen molar-refractivity contribution in [2.75, 3.05) is 7.11 Å². The molecular weight excluding hydrogens is 306 g/mol. The van der Waals surface area contributed by atoms with Gasteiger partial charge in [-0.3, -0.25) is 14.9 Å². The van der Waals surface area contributed by atoms with E-state index in [-0.39, 0.29) is 12.2 Å². The van der Waals surface area contributed by atoms with E-state index >= 15 is 0 Å². The minimum Gasteiger partial charge on any atom is -0.497 e. The number of aliphatic hydroxyl groups is 1. The van der Waals surface area contributed by atoms with Crippen molar-refractivity contribution in [3.8, 4) is 11.4 Å². The van der Waals surface area contributed by atoms with Crippen LogP contribution < -0.4 is 10.3 Å². The predicted octanol–water partition coefficient (Wildman–Crippen LogP) is 2.37. The van der Waals surface area contributed by atoms with Gasteiger partial charge in [-0.1, -0.05) is 12.1 Å². The van der Waals surface area contributed by atoms with Crippen molar-refractivity contribution in [3.05, 3.63) is 64.6 Å². The summed E-state index contributed by atoms with van der Waals surface area (Å²) in [7, 11) is 1.58. The van der Waals surface area contributed by atoms with E-state index in [9.17, 15) is 9.90 Å². The predicted molar refractivity (Wildman–Crippen MR) is 91.7 cm³/mol. The van der Waals surface area contributed by atoms with E-state index in [0.717, 1.165) is 16.5 Å². The number of methoxy groups -OCH3 is 1. The Bertz CT molecular complexity index is 1110. The van der Waals surface area contributed by atoms with Crippen LogP contribution in [0.5, 0.6) is 5.75 Å². The fourth-order valence-corrected chi connectivity index (χ4v) is 2.84. The molecule has 6 nitrogen and oxygen atoms in total. The second-order valence-electron chi connectivity index (χ2n) is 5.51. The normalized spacial score (nSPS) is 11.2. The first-order valence-corrected chi connectivity index (χ1v) is 7.49. The number of ether oxygens (including phenoxy) is 1. The third-order valence-electron chi connectivity index (χ3n) is 4.08. The molecule has 0 radical (unpaired) electrons. The first-order chi connectivity index (χ1) is 11.7. The van der Waals surface area contributed by atoms with Gasteiger partial charge < -0.3 is 9.84 Å². The molecule has 0 fully saturated rings. The van der Waals surface area contributed by atoms with Gasteiger partial charge in [-0.15, -0.1) is 0 Å². The number of pyridine rings is 1. The van der Waals surface area contributed by atoms with Crippen molar-refractivity contribution < 1.29 is 9.84 Å². The minimum absolute atomic E-state index is 0.0623. The lowest BCUT2D eigenvalue weighted by Gasteiger charge is -2.04. The molecule has 0 bridgehead atoms. The van der Waals surface area contributed by atoms with E-state index in [0.29, 0.717) is 22.3 Å². The molecule has 4 aromatic rings. The summed E-state index contributed by atoms with van der Waals surface area (Å²) in [6.07, 6.45) is 1.58. The zero-order valence-corrected chi connectivity index (χ0v) is 13.0. The first kappa shape index (κ1) is 14.5. The number of fused-ring (bicyclic) bond motifs is 3. The first-order valence-electron chi connectivity index (χ1n) is 7.49. The Morgan fingerprint density at radius 3 is 2.88 bits per heavy atom. The smallest absolute Gasteiger partial charge is 0.280 e. The molecule has 24 heavy (non-hydrogen) atoms. The van der Waals surface area contributed by atoms with E-state index in [1.807, 2.05) is 36.4 Å². The summed E-state index contributed by atoms with van der Waals surface area (Å²) in [6.45, 7) is -0.0623. The maximum Gasteiger partial charge on any atom is 0.280 e. The van der Waals surface area contributed by atoms with Gasteiger partial charge in [-0.05, 0) is 29.8 Å². The van der Waals surface area contributed by atoms with Crippen LogP contribution in [-0.2, 0) is 6.61 Å². The number of aliphatic hydroxyl groups excluding tert-OH is 1. The summed E-state index contributed by atoms with van der Waals surface area (Å²) >= 11 is 0. The number of aromatic nitrogens is 3. The van der Waals surface area contributed by atoms with Gasteiger partial charge in [0.2, 0.25) is 0 Å². The molecule has 6 heteroatoms. The molecule has 0 aliphatic heterocycles. The molecule has 120 valence electrons. The molecule has 2 heterocycles. The Balaban J connectivity index is 2.02. The summed E-state index contributed by atoms with van der Waals surface area (Å²) in [4.78, 5) is 17.1. The van der Waals surface area contributed by atoms with Crippen molar-refractivity contribution in [3.63, 3.8) is 0 Å². The van der Waals surface area contributed by atoms with E-state index in [4.69, 9.17) is 4.74 Å². The van der Waals surface area contributed by atoms with Crippen LogP contribution in [0, 0.1) is 0 Å². The fourth-order valence-electron chi connectivity index (χ4n) is 2.84. The van der Waals surface area contributed by atoms with Crippen LogP contribution in [0.25, 0.3) is 27.5 Å². The Kier molecular flexibility index (Phi) is 3.32. The van der Waals surface area contributed by atoms with Crippen LogP contribution in [0.3, 0.4) is 0 Å². The van der Waals surface area contributed by atoms with Crippen molar-refractivity contribution in [1.82, 2.24) is 14.8 Å². The fraction of sp³-hybridized carbons (Fsp3) is 0.111. The minimum atomic E-state index is -0.179.